The second-order valence-electron chi connectivity index (χ2n) is 4.40. The Hall–Kier alpha value is -1.95. The molecular formula is C13H19N5O. The highest BCUT2D eigenvalue weighted by molar-refractivity contribution is 5.78. The number of carbonyl (C=O) groups excluding carboxylic acids is 1. The van der Waals surface area contributed by atoms with Crippen LogP contribution in [0.2, 0.25) is 0 Å². The maximum atomic E-state index is 11.6. The summed E-state index contributed by atoms with van der Waals surface area (Å²) in [7, 11) is 0. The molecule has 1 N–H and O–H groups in total. The molecule has 0 radical (unpaired) electrons. The molecule has 0 aliphatic carbocycles. The van der Waals surface area contributed by atoms with Gasteiger partial charge in [-0.05, 0) is 6.07 Å². The van der Waals surface area contributed by atoms with Crippen molar-refractivity contribution in [3.8, 4) is 0 Å². The number of hydrogen-bond acceptors (Lipinski definition) is 5. The van der Waals surface area contributed by atoms with Crippen LogP contribution in [0.3, 0.4) is 0 Å². The van der Waals surface area contributed by atoms with Crippen LogP contribution in [0, 0.1) is 0 Å². The van der Waals surface area contributed by atoms with Gasteiger partial charge in [-0.25, -0.2) is 9.97 Å². The number of piperazine rings is 1. The van der Waals surface area contributed by atoms with E-state index < -0.39 is 0 Å². The highest BCUT2D eigenvalue weighted by Gasteiger charge is 2.19. The summed E-state index contributed by atoms with van der Waals surface area (Å²) in [6.45, 7) is 7.93. The molecule has 0 saturated carbocycles. The molecule has 0 aromatic carbocycles. The summed E-state index contributed by atoms with van der Waals surface area (Å²) in [6, 6.07) is 1.81. The van der Waals surface area contributed by atoms with E-state index in [0.29, 0.717) is 13.1 Å². The summed E-state index contributed by atoms with van der Waals surface area (Å²) >= 11 is 0. The molecule has 1 aliphatic heterocycles. The lowest BCUT2D eigenvalue weighted by Gasteiger charge is -2.34. The van der Waals surface area contributed by atoms with Gasteiger partial charge in [-0.3, -0.25) is 9.69 Å². The molecule has 1 aromatic rings. The first kappa shape index (κ1) is 13.5. The first-order valence-corrected chi connectivity index (χ1v) is 6.41. The van der Waals surface area contributed by atoms with Crippen molar-refractivity contribution in [2.24, 2.45) is 0 Å². The van der Waals surface area contributed by atoms with Crippen LogP contribution in [-0.2, 0) is 4.79 Å². The predicted octanol–water partition coefficient (Wildman–Crippen LogP) is -0.0992. The Labute approximate surface area is 113 Å². The minimum absolute atomic E-state index is 0.0457. The zero-order chi connectivity index (χ0) is 13.5. The van der Waals surface area contributed by atoms with Gasteiger partial charge in [0.25, 0.3) is 0 Å². The average molecular weight is 261 g/mol. The van der Waals surface area contributed by atoms with E-state index in [-0.39, 0.29) is 5.91 Å². The van der Waals surface area contributed by atoms with Crippen LogP contribution in [0.4, 0.5) is 5.95 Å². The molecule has 1 aliphatic rings. The van der Waals surface area contributed by atoms with Crippen molar-refractivity contribution in [1.29, 1.82) is 0 Å². The van der Waals surface area contributed by atoms with Gasteiger partial charge in [0.05, 0.1) is 6.54 Å². The van der Waals surface area contributed by atoms with Gasteiger partial charge in [-0.2, -0.15) is 0 Å². The Morgan fingerprint density at radius 1 is 1.32 bits per heavy atom. The van der Waals surface area contributed by atoms with Crippen LogP contribution in [0.15, 0.2) is 31.1 Å². The zero-order valence-electron chi connectivity index (χ0n) is 11.0. The van der Waals surface area contributed by atoms with Crippen LogP contribution in [0.1, 0.15) is 0 Å². The molecule has 0 unspecified atom stereocenters. The highest BCUT2D eigenvalue weighted by Crippen LogP contribution is 2.09. The van der Waals surface area contributed by atoms with E-state index >= 15 is 0 Å². The van der Waals surface area contributed by atoms with Crippen molar-refractivity contribution < 1.29 is 4.79 Å². The van der Waals surface area contributed by atoms with Crippen molar-refractivity contribution in [2.75, 3.05) is 44.2 Å². The van der Waals surface area contributed by atoms with Crippen molar-refractivity contribution >= 4 is 11.9 Å². The molecule has 102 valence electrons. The SMILES string of the molecule is C=CCNC(=O)CN1CCN(c2ncccn2)CC1. The number of amides is 1. The molecule has 0 spiro atoms. The van der Waals surface area contributed by atoms with E-state index in [0.717, 1.165) is 32.1 Å². The number of hydrogen-bond donors (Lipinski definition) is 1. The fraction of sp³-hybridized carbons (Fsp3) is 0.462. The number of rotatable bonds is 5. The van der Waals surface area contributed by atoms with Gasteiger partial charge in [0.2, 0.25) is 11.9 Å². The van der Waals surface area contributed by atoms with Crippen LogP contribution >= 0.6 is 0 Å². The lowest BCUT2D eigenvalue weighted by atomic mass is 10.3. The lowest BCUT2D eigenvalue weighted by Crippen LogP contribution is -2.50. The van der Waals surface area contributed by atoms with E-state index in [1.54, 1.807) is 18.5 Å². The van der Waals surface area contributed by atoms with Crippen LogP contribution in [0.5, 0.6) is 0 Å². The zero-order valence-corrected chi connectivity index (χ0v) is 11.0. The van der Waals surface area contributed by atoms with E-state index in [9.17, 15) is 4.79 Å². The van der Waals surface area contributed by atoms with E-state index in [1.807, 2.05) is 6.07 Å². The Kier molecular flexibility index (Phi) is 4.85. The van der Waals surface area contributed by atoms with E-state index in [1.165, 1.54) is 0 Å². The summed E-state index contributed by atoms with van der Waals surface area (Å²) < 4.78 is 0. The smallest absolute Gasteiger partial charge is 0.234 e. The molecule has 1 saturated heterocycles. The Balaban J connectivity index is 1.76. The highest BCUT2D eigenvalue weighted by atomic mass is 16.2. The fourth-order valence-electron chi connectivity index (χ4n) is 2.01. The maximum Gasteiger partial charge on any atom is 0.234 e. The summed E-state index contributed by atoms with van der Waals surface area (Å²) in [5.74, 6) is 0.808. The minimum atomic E-state index is 0.0457. The summed E-state index contributed by atoms with van der Waals surface area (Å²) in [5.41, 5.74) is 0. The van der Waals surface area contributed by atoms with Crippen molar-refractivity contribution in [3.63, 3.8) is 0 Å². The third-order valence-corrected chi connectivity index (χ3v) is 3.02. The van der Waals surface area contributed by atoms with Gasteiger partial charge in [-0.1, -0.05) is 6.08 Å². The molecule has 19 heavy (non-hydrogen) atoms. The molecule has 6 heteroatoms. The maximum absolute atomic E-state index is 11.6. The standard InChI is InChI=1S/C13H19N5O/c1-2-4-14-12(19)11-17-7-9-18(10-8-17)13-15-5-3-6-16-13/h2-3,5-6H,1,4,7-11H2,(H,14,19). The average Bonchev–Trinajstić information content (AvgIpc) is 2.47. The third-order valence-electron chi connectivity index (χ3n) is 3.02. The molecule has 1 fully saturated rings. The first-order valence-electron chi connectivity index (χ1n) is 6.41. The largest absolute Gasteiger partial charge is 0.352 e. The summed E-state index contributed by atoms with van der Waals surface area (Å²) in [4.78, 5) is 24.3. The quantitative estimate of drug-likeness (QED) is 0.750. The molecular weight excluding hydrogens is 242 g/mol. The van der Waals surface area contributed by atoms with Gasteiger partial charge in [0.1, 0.15) is 0 Å². The Morgan fingerprint density at radius 2 is 2.00 bits per heavy atom. The number of carbonyl (C=O) groups is 1. The Morgan fingerprint density at radius 3 is 2.63 bits per heavy atom. The number of nitrogens with one attached hydrogen (secondary N) is 1. The van der Waals surface area contributed by atoms with E-state index in [2.05, 4.69) is 31.7 Å². The van der Waals surface area contributed by atoms with Gasteiger partial charge in [0, 0.05) is 45.1 Å². The molecule has 2 heterocycles. The molecule has 2 rings (SSSR count). The van der Waals surface area contributed by atoms with Gasteiger partial charge < -0.3 is 10.2 Å². The Bertz CT molecular complexity index is 414. The van der Waals surface area contributed by atoms with Gasteiger partial charge in [-0.15, -0.1) is 6.58 Å². The normalized spacial score (nSPS) is 16.1. The number of aromatic nitrogens is 2. The van der Waals surface area contributed by atoms with E-state index in [4.69, 9.17) is 0 Å². The minimum Gasteiger partial charge on any atom is -0.352 e. The predicted molar refractivity (Wildman–Crippen MR) is 73.9 cm³/mol. The second-order valence-corrected chi connectivity index (χ2v) is 4.40. The summed E-state index contributed by atoms with van der Waals surface area (Å²) in [5, 5.41) is 2.79. The number of anilines is 1. The molecule has 1 amide bonds. The fourth-order valence-corrected chi connectivity index (χ4v) is 2.01. The summed E-state index contributed by atoms with van der Waals surface area (Å²) in [6.07, 6.45) is 5.18. The van der Waals surface area contributed by atoms with Crippen LogP contribution in [-0.4, -0.2) is 60.0 Å². The van der Waals surface area contributed by atoms with Crippen molar-refractivity contribution in [1.82, 2.24) is 20.2 Å². The molecule has 0 bridgehead atoms. The first-order chi connectivity index (χ1) is 9.29. The topological polar surface area (TPSA) is 61.4 Å². The van der Waals surface area contributed by atoms with Crippen LogP contribution in [0.25, 0.3) is 0 Å². The lowest BCUT2D eigenvalue weighted by molar-refractivity contribution is -0.122. The third kappa shape index (κ3) is 4.03. The second kappa shape index (κ2) is 6.84. The molecule has 0 atom stereocenters. The van der Waals surface area contributed by atoms with Crippen molar-refractivity contribution in [3.05, 3.63) is 31.1 Å². The monoisotopic (exact) mass is 261 g/mol. The van der Waals surface area contributed by atoms with Gasteiger partial charge >= 0.3 is 0 Å². The van der Waals surface area contributed by atoms with Gasteiger partial charge in [0.15, 0.2) is 0 Å². The molecule has 1 aromatic heterocycles. The number of nitrogens with zero attached hydrogens (tertiary/aromatic N) is 4. The van der Waals surface area contributed by atoms with Crippen LogP contribution < -0.4 is 10.2 Å². The van der Waals surface area contributed by atoms with Crippen molar-refractivity contribution in [2.45, 2.75) is 0 Å². The molecule has 6 nitrogen and oxygen atoms in total.